The molecule has 20 heavy (non-hydrogen) atoms. The third-order valence-corrected chi connectivity index (χ3v) is 2.84. The van der Waals surface area contributed by atoms with Crippen molar-refractivity contribution in [1.82, 2.24) is 4.98 Å². The van der Waals surface area contributed by atoms with Gasteiger partial charge in [-0.1, -0.05) is 0 Å². The number of halogens is 6. The highest BCUT2D eigenvalue weighted by Gasteiger charge is 2.28. The summed E-state index contributed by atoms with van der Waals surface area (Å²) in [4.78, 5) is 3.70. The van der Waals surface area contributed by atoms with Gasteiger partial charge in [0, 0.05) is 0 Å². The average Bonchev–Trinajstić information content (AvgIpc) is 2.45. The predicted molar refractivity (Wildman–Crippen MR) is 63.4 cm³/mol. The molecule has 0 amide bonds. The number of anilines is 1. The maximum absolute atomic E-state index is 13.7. The molecule has 0 saturated heterocycles. The first-order valence-electron chi connectivity index (χ1n) is 5.21. The van der Waals surface area contributed by atoms with Crippen LogP contribution in [0.25, 0.3) is 11.3 Å². The van der Waals surface area contributed by atoms with Gasteiger partial charge in [0.2, 0.25) is 5.82 Å². The zero-order valence-electron chi connectivity index (χ0n) is 9.65. The summed E-state index contributed by atoms with van der Waals surface area (Å²) in [6.07, 6.45) is 0. The number of hydrogen-bond acceptors (Lipinski definition) is 2. The fourth-order valence-electron chi connectivity index (χ4n) is 1.60. The Hall–Kier alpha value is -1.89. The van der Waals surface area contributed by atoms with Gasteiger partial charge in [-0.15, -0.1) is 11.6 Å². The molecule has 0 fully saturated rings. The van der Waals surface area contributed by atoms with Crippen LogP contribution in [0.15, 0.2) is 12.1 Å². The van der Waals surface area contributed by atoms with Crippen LogP contribution in [0.5, 0.6) is 0 Å². The Morgan fingerprint density at radius 3 is 1.90 bits per heavy atom. The lowest BCUT2D eigenvalue weighted by molar-refractivity contribution is 0.381. The van der Waals surface area contributed by atoms with Crippen LogP contribution in [0.1, 0.15) is 5.69 Å². The van der Waals surface area contributed by atoms with Crippen LogP contribution in [0.2, 0.25) is 0 Å². The van der Waals surface area contributed by atoms with E-state index in [-0.39, 0.29) is 17.3 Å². The van der Waals surface area contributed by atoms with Gasteiger partial charge in [0.15, 0.2) is 23.3 Å². The second-order valence-electron chi connectivity index (χ2n) is 3.82. The minimum Gasteiger partial charge on any atom is -0.397 e. The molecule has 0 saturated carbocycles. The summed E-state index contributed by atoms with van der Waals surface area (Å²) in [6, 6.07) is 2.59. The Labute approximate surface area is 115 Å². The molecule has 0 aliphatic carbocycles. The standard InChI is InChI=1S/C12H6ClF5N2/c13-3-4-1-2-5(19)12(20-4)6-7(14)9(16)11(18)10(17)8(6)15/h1-2H,3,19H2. The Kier molecular flexibility index (Phi) is 3.80. The third-order valence-electron chi connectivity index (χ3n) is 2.57. The molecule has 1 aromatic carbocycles. The number of pyridine rings is 1. The van der Waals surface area contributed by atoms with E-state index in [2.05, 4.69) is 4.98 Å². The number of benzene rings is 1. The van der Waals surface area contributed by atoms with Crippen molar-refractivity contribution in [3.63, 3.8) is 0 Å². The normalized spacial score (nSPS) is 10.9. The Balaban J connectivity index is 2.83. The van der Waals surface area contributed by atoms with Gasteiger partial charge in [-0.2, -0.15) is 0 Å². The SMILES string of the molecule is Nc1ccc(CCl)nc1-c1c(F)c(F)c(F)c(F)c1F. The summed E-state index contributed by atoms with van der Waals surface area (Å²) in [5.41, 5.74) is 3.70. The fraction of sp³-hybridized carbons (Fsp3) is 0.0833. The molecule has 0 radical (unpaired) electrons. The number of rotatable bonds is 2. The summed E-state index contributed by atoms with van der Waals surface area (Å²) in [6.45, 7) is 0. The van der Waals surface area contributed by atoms with Crippen molar-refractivity contribution in [3.8, 4) is 11.3 Å². The topological polar surface area (TPSA) is 38.9 Å². The van der Waals surface area contributed by atoms with Crippen molar-refractivity contribution >= 4 is 17.3 Å². The van der Waals surface area contributed by atoms with Crippen molar-refractivity contribution in [2.24, 2.45) is 0 Å². The lowest BCUT2D eigenvalue weighted by atomic mass is 10.1. The predicted octanol–water partition coefficient (Wildman–Crippen LogP) is 3.77. The highest BCUT2D eigenvalue weighted by atomic mass is 35.5. The molecular weight excluding hydrogens is 303 g/mol. The molecular formula is C12H6ClF5N2. The van der Waals surface area contributed by atoms with Gasteiger partial charge >= 0.3 is 0 Å². The maximum atomic E-state index is 13.7. The van der Waals surface area contributed by atoms with Crippen LogP contribution < -0.4 is 5.73 Å². The van der Waals surface area contributed by atoms with Crippen LogP contribution in [-0.4, -0.2) is 4.98 Å². The summed E-state index contributed by atoms with van der Waals surface area (Å²) in [7, 11) is 0. The van der Waals surface area contributed by atoms with Crippen LogP contribution in [0.3, 0.4) is 0 Å². The Morgan fingerprint density at radius 2 is 1.40 bits per heavy atom. The Morgan fingerprint density at radius 1 is 0.900 bits per heavy atom. The van der Waals surface area contributed by atoms with Gasteiger partial charge < -0.3 is 5.73 Å². The summed E-state index contributed by atoms with van der Waals surface area (Å²) < 4.78 is 66.6. The number of nitrogens with two attached hydrogens (primary N) is 1. The third kappa shape index (κ3) is 2.18. The van der Waals surface area contributed by atoms with E-state index < -0.39 is 40.3 Å². The van der Waals surface area contributed by atoms with Gasteiger partial charge in [-0.05, 0) is 12.1 Å². The molecule has 0 aliphatic rings. The van der Waals surface area contributed by atoms with Gasteiger partial charge in [0.25, 0.3) is 0 Å². The molecule has 0 atom stereocenters. The molecule has 0 bridgehead atoms. The molecule has 2 rings (SSSR count). The zero-order valence-corrected chi connectivity index (χ0v) is 10.4. The first kappa shape index (κ1) is 14.5. The number of hydrogen-bond donors (Lipinski definition) is 1. The fourth-order valence-corrected chi connectivity index (χ4v) is 1.75. The molecule has 0 aliphatic heterocycles. The van der Waals surface area contributed by atoms with Gasteiger partial charge in [-0.25, -0.2) is 26.9 Å². The van der Waals surface area contributed by atoms with E-state index in [1.54, 1.807) is 0 Å². The van der Waals surface area contributed by atoms with Crippen molar-refractivity contribution < 1.29 is 22.0 Å². The summed E-state index contributed by atoms with van der Waals surface area (Å²) >= 11 is 5.51. The van der Waals surface area contributed by atoms with E-state index in [0.29, 0.717) is 0 Å². The van der Waals surface area contributed by atoms with Gasteiger partial charge in [-0.3, -0.25) is 0 Å². The molecule has 106 valence electrons. The van der Waals surface area contributed by atoms with Gasteiger partial charge in [0.1, 0.15) is 0 Å². The van der Waals surface area contributed by atoms with E-state index in [1.165, 1.54) is 12.1 Å². The minimum atomic E-state index is -2.24. The quantitative estimate of drug-likeness (QED) is 0.397. The van der Waals surface area contributed by atoms with Crippen molar-refractivity contribution in [1.29, 1.82) is 0 Å². The molecule has 1 aromatic heterocycles. The highest BCUT2D eigenvalue weighted by molar-refractivity contribution is 6.16. The second kappa shape index (κ2) is 5.24. The van der Waals surface area contributed by atoms with E-state index in [4.69, 9.17) is 17.3 Å². The van der Waals surface area contributed by atoms with E-state index in [1.807, 2.05) is 0 Å². The van der Waals surface area contributed by atoms with E-state index in [9.17, 15) is 22.0 Å². The van der Waals surface area contributed by atoms with Crippen LogP contribution >= 0.6 is 11.6 Å². The first-order valence-corrected chi connectivity index (χ1v) is 5.75. The molecule has 0 unspecified atom stereocenters. The molecule has 0 spiro atoms. The first-order chi connectivity index (χ1) is 9.38. The monoisotopic (exact) mass is 308 g/mol. The van der Waals surface area contributed by atoms with Gasteiger partial charge in [0.05, 0.1) is 28.5 Å². The molecule has 2 aromatic rings. The maximum Gasteiger partial charge on any atom is 0.200 e. The average molecular weight is 309 g/mol. The molecule has 1 heterocycles. The van der Waals surface area contributed by atoms with Crippen LogP contribution in [0, 0.1) is 29.1 Å². The van der Waals surface area contributed by atoms with Crippen LogP contribution in [-0.2, 0) is 5.88 Å². The molecule has 8 heteroatoms. The Bertz CT molecular complexity index is 661. The summed E-state index contributed by atoms with van der Waals surface area (Å²) in [5.74, 6) is -10.5. The number of aromatic nitrogens is 1. The van der Waals surface area contributed by atoms with Crippen molar-refractivity contribution in [2.75, 3.05) is 5.73 Å². The smallest absolute Gasteiger partial charge is 0.200 e. The van der Waals surface area contributed by atoms with E-state index in [0.717, 1.165) is 0 Å². The molecule has 2 nitrogen and oxygen atoms in total. The van der Waals surface area contributed by atoms with E-state index >= 15 is 0 Å². The van der Waals surface area contributed by atoms with Crippen molar-refractivity contribution in [3.05, 3.63) is 46.9 Å². The van der Waals surface area contributed by atoms with Crippen LogP contribution in [0.4, 0.5) is 27.6 Å². The lowest BCUT2D eigenvalue weighted by Crippen LogP contribution is -2.07. The summed E-state index contributed by atoms with van der Waals surface area (Å²) in [5, 5.41) is 0. The number of nitrogen functional groups attached to an aromatic ring is 1. The molecule has 2 N–H and O–H groups in total. The minimum absolute atomic E-state index is 0.108. The zero-order chi connectivity index (χ0) is 15.0. The second-order valence-corrected chi connectivity index (χ2v) is 4.09. The largest absolute Gasteiger partial charge is 0.397 e. The number of alkyl halides is 1. The lowest BCUT2D eigenvalue weighted by Gasteiger charge is -2.10. The highest BCUT2D eigenvalue weighted by Crippen LogP contribution is 2.33. The number of nitrogens with zero attached hydrogens (tertiary/aromatic N) is 1. The van der Waals surface area contributed by atoms with Crippen molar-refractivity contribution in [2.45, 2.75) is 5.88 Å².